The molecule has 1 atom stereocenters. The van der Waals surface area contributed by atoms with E-state index in [0.717, 1.165) is 0 Å². The van der Waals surface area contributed by atoms with Crippen molar-refractivity contribution in [3.8, 4) is 0 Å². The van der Waals surface area contributed by atoms with Gasteiger partial charge in [0.15, 0.2) is 0 Å². The number of hydrogen-bond acceptors (Lipinski definition) is 3. The zero-order chi connectivity index (χ0) is 14.7. The van der Waals surface area contributed by atoms with Gasteiger partial charge < -0.3 is 16.0 Å². The fourth-order valence-electron chi connectivity index (χ4n) is 2.15. The Kier molecular flexibility index (Phi) is 4.02. The van der Waals surface area contributed by atoms with Gasteiger partial charge in [0.2, 0.25) is 17.7 Å². The summed E-state index contributed by atoms with van der Waals surface area (Å²) in [5, 5.41) is 2.74. The van der Waals surface area contributed by atoms with Crippen molar-refractivity contribution in [1.82, 2.24) is 0 Å². The predicted molar refractivity (Wildman–Crippen MR) is 75.0 cm³/mol. The Morgan fingerprint density at radius 1 is 1.45 bits per heavy atom. The highest BCUT2D eigenvalue weighted by atomic mass is 16.2. The average Bonchev–Trinajstić information content (AvgIpc) is 2.81. The van der Waals surface area contributed by atoms with Crippen molar-refractivity contribution in [2.24, 2.45) is 11.7 Å². The van der Waals surface area contributed by atoms with Gasteiger partial charge in [-0.3, -0.25) is 14.4 Å². The maximum absolute atomic E-state index is 11.9. The third kappa shape index (κ3) is 2.96. The Bertz CT molecular complexity index is 556. The summed E-state index contributed by atoms with van der Waals surface area (Å²) in [6, 6.07) is 6.99. The van der Waals surface area contributed by atoms with Gasteiger partial charge in [-0.25, -0.2) is 0 Å². The molecule has 1 aromatic carbocycles. The van der Waals surface area contributed by atoms with E-state index in [2.05, 4.69) is 5.32 Å². The number of hydrogen-bond donors (Lipinski definition) is 2. The Morgan fingerprint density at radius 3 is 2.80 bits per heavy atom. The number of nitrogens with one attached hydrogen (secondary N) is 1. The second-order valence-corrected chi connectivity index (χ2v) is 4.76. The van der Waals surface area contributed by atoms with Gasteiger partial charge in [-0.15, -0.1) is 0 Å². The lowest BCUT2D eigenvalue weighted by atomic mass is 10.1. The van der Waals surface area contributed by atoms with E-state index in [-0.39, 0.29) is 18.2 Å². The summed E-state index contributed by atoms with van der Waals surface area (Å²) in [6.07, 6.45) is 0.525. The van der Waals surface area contributed by atoms with Crippen molar-refractivity contribution in [1.29, 1.82) is 0 Å². The minimum atomic E-state index is -0.462. The van der Waals surface area contributed by atoms with Crippen LogP contribution in [0.3, 0.4) is 0 Å². The number of benzene rings is 1. The van der Waals surface area contributed by atoms with Gasteiger partial charge in [-0.1, -0.05) is 13.0 Å². The molecule has 0 unspecified atom stereocenters. The van der Waals surface area contributed by atoms with Crippen molar-refractivity contribution in [2.75, 3.05) is 16.8 Å². The molecule has 1 aromatic rings. The molecule has 0 radical (unpaired) electrons. The zero-order valence-corrected chi connectivity index (χ0v) is 11.3. The highest BCUT2D eigenvalue weighted by Crippen LogP contribution is 2.27. The molecule has 106 valence electrons. The Labute approximate surface area is 116 Å². The van der Waals surface area contributed by atoms with Crippen molar-refractivity contribution < 1.29 is 14.4 Å². The van der Waals surface area contributed by atoms with Crippen molar-refractivity contribution in [3.05, 3.63) is 24.3 Å². The third-order valence-electron chi connectivity index (χ3n) is 3.29. The van der Waals surface area contributed by atoms with E-state index in [1.807, 2.05) is 0 Å². The van der Waals surface area contributed by atoms with Crippen LogP contribution in [-0.2, 0) is 14.4 Å². The Hall–Kier alpha value is -2.37. The van der Waals surface area contributed by atoms with Gasteiger partial charge in [-0.2, -0.15) is 0 Å². The zero-order valence-electron chi connectivity index (χ0n) is 11.3. The first-order valence-corrected chi connectivity index (χ1v) is 6.51. The summed E-state index contributed by atoms with van der Waals surface area (Å²) in [4.78, 5) is 36.0. The standard InChI is InChI=1S/C14H17N3O3/c1-2-12(18)16-10-4-3-5-11(7-10)17-8-9(14(15)20)6-13(17)19/h3-5,7,9H,2,6,8H2,1H3,(H2,15,20)(H,16,18)/t9-/m0/s1. The molecule has 1 aliphatic heterocycles. The fraction of sp³-hybridized carbons (Fsp3) is 0.357. The molecule has 1 fully saturated rings. The van der Waals surface area contributed by atoms with E-state index < -0.39 is 11.8 Å². The second-order valence-electron chi connectivity index (χ2n) is 4.76. The molecule has 0 saturated carbocycles. The van der Waals surface area contributed by atoms with Gasteiger partial charge in [0.25, 0.3) is 0 Å². The van der Waals surface area contributed by atoms with Crippen LogP contribution in [0.2, 0.25) is 0 Å². The highest BCUT2D eigenvalue weighted by molar-refractivity contribution is 6.00. The second kappa shape index (κ2) is 5.73. The fourth-order valence-corrected chi connectivity index (χ4v) is 2.15. The first kappa shape index (κ1) is 14.0. The number of primary amides is 1. The van der Waals surface area contributed by atoms with Crippen LogP contribution in [0, 0.1) is 5.92 Å². The monoisotopic (exact) mass is 275 g/mol. The smallest absolute Gasteiger partial charge is 0.227 e. The van der Waals surface area contributed by atoms with E-state index in [1.165, 1.54) is 4.90 Å². The molecule has 20 heavy (non-hydrogen) atoms. The largest absolute Gasteiger partial charge is 0.369 e. The van der Waals surface area contributed by atoms with E-state index >= 15 is 0 Å². The molecule has 0 bridgehead atoms. The minimum Gasteiger partial charge on any atom is -0.369 e. The molecule has 3 N–H and O–H groups in total. The van der Waals surface area contributed by atoms with Gasteiger partial charge in [-0.05, 0) is 18.2 Å². The molecule has 0 aromatic heterocycles. The van der Waals surface area contributed by atoms with E-state index in [9.17, 15) is 14.4 Å². The Morgan fingerprint density at radius 2 is 2.20 bits per heavy atom. The number of anilines is 2. The first-order chi connectivity index (χ1) is 9.51. The van der Waals surface area contributed by atoms with E-state index in [4.69, 9.17) is 5.73 Å². The summed E-state index contributed by atoms with van der Waals surface area (Å²) >= 11 is 0. The molecule has 1 aliphatic rings. The summed E-state index contributed by atoms with van der Waals surface area (Å²) < 4.78 is 0. The third-order valence-corrected chi connectivity index (χ3v) is 3.29. The molecule has 6 nitrogen and oxygen atoms in total. The topological polar surface area (TPSA) is 92.5 Å². The van der Waals surface area contributed by atoms with Crippen LogP contribution in [0.25, 0.3) is 0 Å². The van der Waals surface area contributed by atoms with Crippen LogP contribution in [0.15, 0.2) is 24.3 Å². The van der Waals surface area contributed by atoms with Crippen molar-refractivity contribution in [2.45, 2.75) is 19.8 Å². The maximum Gasteiger partial charge on any atom is 0.227 e. The molecule has 1 saturated heterocycles. The molecule has 6 heteroatoms. The average molecular weight is 275 g/mol. The maximum atomic E-state index is 11.9. The van der Waals surface area contributed by atoms with Crippen LogP contribution in [-0.4, -0.2) is 24.3 Å². The quantitative estimate of drug-likeness (QED) is 0.854. The lowest BCUT2D eigenvalue weighted by Gasteiger charge is -2.17. The first-order valence-electron chi connectivity index (χ1n) is 6.51. The van der Waals surface area contributed by atoms with Gasteiger partial charge >= 0.3 is 0 Å². The number of rotatable bonds is 4. The number of nitrogens with two attached hydrogens (primary N) is 1. The molecular weight excluding hydrogens is 258 g/mol. The SMILES string of the molecule is CCC(=O)Nc1cccc(N2C[C@@H](C(N)=O)CC2=O)c1. The molecule has 3 amide bonds. The minimum absolute atomic E-state index is 0.0927. The Balaban J connectivity index is 2.17. The van der Waals surface area contributed by atoms with Crippen LogP contribution < -0.4 is 16.0 Å². The highest BCUT2D eigenvalue weighted by Gasteiger charge is 2.33. The normalized spacial score (nSPS) is 18.1. The summed E-state index contributed by atoms with van der Waals surface area (Å²) in [5.41, 5.74) is 6.53. The van der Waals surface area contributed by atoms with Crippen LogP contribution in [0.1, 0.15) is 19.8 Å². The lowest BCUT2D eigenvalue weighted by molar-refractivity contribution is -0.123. The van der Waals surface area contributed by atoms with E-state index in [1.54, 1.807) is 31.2 Å². The van der Waals surface area contributed by atoms with Crippen LogP contribution in [0.4, 0.5) is 11.4 Å². The molecule has 0 aliphatic carbocycles. The number of carbonyl (C=O) groups excluding carboxylic acids is 3. The van der Waals surface area contributed by atoms with Gasteiger partial charge in [0.05, 0.1) is 5.92 Å². The molecule has 0 spiro atoms. The number of nitrogens with zero attached hydrogens (tertiary/aromatic N) is 1. The van der Waals surface area contributed by atoms with Crippen LogP contribution in [0.5, 0.6) is 0 Å². The van der Waals surface area contributed by atoms with Gasteiger partial charge in [0.1, 0.15) is 0 Å². The summed E-state index contributed by atoms with van der Waals surface area (Å²) in [7, 11) is 0. The number of carbonyl (C=O) groups is 3. The number of amides is 3. The molecule has 2 rings (SSSR count). The molecular formula is C14H17N3O3. The van der Waals surface area contributed by atoms with Crippen LogP contribution >= 0.6 is 0 Å². The van der Waals surface area contributed by atoms with E-state index in [0.29, 0.717) is 24.3 Å². The summed E-state index contributed by atoms with van der Waals surface area (Å²) in [5.74, 6) is -1.13. The lowest BCUT2D eigenvalue weighted by Crippen LogP contribution is -2.28. The molecule has 1 heterocycles. The summed E-state index contributed by atoms with van der Waals surface area (Å²) in [6.45, 7) is 2.06. The predicted octanol–water partition coefficient (Wildman–Crippen LogP) is 0.873. The van der Waals surface area contributed by atoms with Crippen molar-refractivity contribution in [3.63, 3.8) is 0 Å². The van der Waals surface area contributed by atoms with Gasteiger partial charge in [0, 0.05) is 30.8 Å². The van der Waals surface area contributed by atoms with Crippen molar-refractivity contribution >= 4 is 29.1 Å².